The van der Waals surface area contributed by atoms with Crippen LogP contribution in [-0.2, 0) is 9.47 Å². The molecule has 0 bridgehead atoms. The summed E-state index contributed by atoms with van der Waals surface area (Å²) < 4.78 is 142. The van der Waals surface area contributed by atoms with Gasteiger partial charge in [0.25, 0.3) is 0 Å². The predicted molar refractivity (Wildman–Crippen MR) is 152 cm³/mol. The van der Waals surface area contributed by atoms with Crippen LogP contribution in [0.3, 0.4) is 0 Å². The van der Waals surface area contributed by atoms with Crippen molar-refractivity contribution in [1.82, 2.24) is 9.97 Å². The van der Waals surface area contributed by atoms with Crippen LogP contribution in [0, 0.1) is 17.5 Å². The number of aromatic nitrogens is 2. The number of aromatic hydroxyl groups is 1. The summed E-state index contributed by atoms with van der Waals surface area (Å²) in [6.07, 6.45) is -6.30. The lowest BCUT2D eigenvalue weighted by molar-refractivity contribution is -0.275. The molecule has 1 N–H and O–H groups in total. The van der Waals surface area contributed by atoms with Gasteiger partial charge in [-0.1, -0.05) is 0 Å². The summed E-state index contributed by atoms with van der Waals surface area (Å²) in [5.74, 6) is -6.92. The molecule has 4 rings (SSSR count). The van der Waals surface area contributed by atoms with Crippen LogP contribution in [-0.4, -0.2) is 68.2 Å². The van der Waals surface area contributed by atoms with Crippen molar-refractivity contribution in [2.75, 3.05) is 28.4 Å². The second-order valence-corrected chi connectivity index (χ2v) is 8.80. The van der Waals surface area contributed by atoms with Gasteiger partial charge >= 0.3 is 24.7 Å². The number of methoxy groups -OCH3 is 4. The topological polar surface area (TPSA) is 145 Å². The minimum absolute atomic E-state index is 0.0771. The van der Waals surface area contributed by atoms with Gasteiger partial charge < -0.3 is 38.3 Å². The fraction of sp³-hybridized carbons (Fsp3) is 0.200. The van der Waals surface area contributed by atoms with Crippen LogP contribution >= 0.6 is 0 Å². The fourth-order valence-corrected chi connectivity index (χ4v) is 3.41. The number of hydrogen-bond acceptors (Lipinski definition) is 12. The van der Waals surface area contributed by atoms with E-state index in [0.29, 0.717) is 0 Å². The summed E-state index contributed by atoms with van der Waals surface area (Å²) in [6, 6.07) is 5.99. The average Bonchev–Trinajstić information content (AvgIpc) is 3.05. The minimum Gasteiger partial charge on any atom is -0.504 e. The first-order valence-corrected chi connectivity index (χ1v) is 13.2. The van der Waals surface area contributed by atoms with E-state index in [4.69, 9.17) is 14.6 Å². The fourth-order valence-electron chi connectivity index (χ4n) is 3.41. The van der Waals surface area contributed by atoms with Crippen LogP contribution in [0.4, 0.5) is 39.5 Å². The number of hydrogen-bond donors (Lipinski definition) is 1. The summed E-state index contributed by atoms with van der Waals surface area (Å²) in [4.78, 5) is 29.1. The number of rotatable bonds is 8. The molecule has 2 aromatic carbocycles. The quantitative estimate of drug-likeness (QED) is 0.145. The van der Waals surface area contributed by atoms with Crippen molar-refractivity contribution in [1.29, 1.82) is 0 Å². The van der Waals surface area contributed by atoms with Gasteiger partial charge in [-0.2, -0.15) is 0 Å². The number of pyridine rings is 2. The normalized spacial score (nSPS) is 10.7. The van der Waals surface area contributed by atoms with E-state index in [1.54, 1.807) is 0 Å². The zero-order valence-corrected chi connectivity index (χ0v) is 26.2. The Kier molecular flexibility index (Phi) is 14.5. The second kappa shape index (κ2) is 18.0. The molecular weight excluding hydrogens is 719 g/mol. The van der Waals surface area contributed by atoms with Gasteiger partial charge in [-0.05, 0) is 24.3 Å². The molecule has 12 nitrogen and oxygen atoms in total. The lowest BCUT2D eigenvalue weighted by Gasteiger charge is -2.14. The van der Waals surface area contributed by atoms with Crippen LogP contribution in [0.15, 0.2) is 61.2 Å². The Balaban J connectivity index is 0.000000292. The molecule has 21 heteroatoms. The summed E-state index contributed by atoms with van der Waals surface area (Å²) >= 11 is 0. The maximum Gasteiger partial charge on any atom is 0.573 e. The number of esters is 2. The van der Waals surface area contributed by atoms with Crippen molar-refractivity contribution in [3.8, 4) is 40.2 Å². The molecule has 0 spiro atoms. The third-order valence-corrected chi connectivity index (χ3v) is 5.47. The van der Waals surface area contributed by atoms with Gasteiger partial charge in [-0.3, -0.25) is 9.97 Å². The van der Waals surface area contributed by atoms with Crippen molar-refractivity contribution >= 4 is 11.9 Å². The maximum atomic E-state index is 13.8. The Morgan fingerprint density at radius 3 is 1.49 bits per heavy atom. The largest absolute Gasteiger partial charge is 0.573 e. The molecule has 0 aliphatic rings. The number of nitrogens with zero attached hydrogens (tertiary/aromatic N) is 2. The van der Waals surface area contributed by atoms with Gasteiger partial charge in [0.05, 0.1) is 53.2 Å². The highest BCUT2D eigenvalue weighted by Gasteiger charge is 2.32. The SMILES string of the molecule is COC(=O)c1c(F)cncc1F.COC(=O)c1c(F)cncc1Oc1ccc(OC(F)(F)F)cc1OC.COc1cc(OC(F)(F)F)ccc1O. The van der Waals surface area contributed by atoms with E-state index in [0.717, 1.165) is 75.4 Å². The molecule has 0 saturated carbocycles. The predicted octanol–water partition coefficient (Wildman–Crippen LogP) is 7.15. The van der Waals surface area contributed by atoms with Gasteiger partial charge in [0.15, 0.2) is 46.2 Å². The van der Waals surface area contributed by atoms with Crippen LogP contribution in [0.5, 0.6) is 40.2 Å². The number of phenols is 1. The highest BCUT2D eigenvalue weighted by molar-refractivity contribution is 5.92. The summed E-state index contributed by atoms with van der Waals surface area (Å²) in [5.41, 5.74) is -1.23. The van der Waals surface area contributed by atoms with E-state index < -0.39 is 64.7 Å². The molecule has 0 unspecified atom stereocenters. The monoisotopic (exact) mass is 742 g/mol. The van der Waals surface area contributed by atoms with Gasteiger partial charge in [-0.15, -0.1) is 26.3 Å². The molecule has 0 radical (unpaired) electrons. The molecule has 0 saturated heterocycles. The van der Waals surface area contributed by atoms with Crippen molar-refractivity contribution in [3.05, 3.63) is 89.8 Å². The Hall–Kier alpha value is -6.15. The van der Waals surface area contributed by atoms with E-state index >= 15 is 0 Å². The highest BCUT2D eigenvalue weighted by atomic mass is 19.4. The molecule has 2 aromatic heterocycles. The Bertz CT molecular complexity index is 1790. The van der Waals surface area contributed by atoms with Crippen LogP contribution in [0.25, 0.3) is 0 Å². The molecule has 0 amide bonds. The smallest absolute Gasteiger partial charge is 0.504 e. The molecule has 0 aliphatic carbocycles. The van der Waals surface area contributed by atoms with Gasteiger partial charge in [0, 0.05) is 12.1 Å². The van der Waals surface area contributed by atoms with E-state index in [2.05, 4.69) is 33.7 Å². The van der Waals surface area contributed by atoms with Crippen molar-refractivity contribution in [3.63, 3.8) is 0 Å². The first-order valence-electron chi connectivity index (χ1n) is 13.2. The highest BCUT2D eigenvalue weighted by Crippen LogP contribution is 2.37. The van der Waals surface area contributed by atoms with E-state index in [-0.39, 0.29) is 28.7 Å². The third kappa shape index (κ3) is 12.7. The maximum absolute atomic E-state index is 13.8. The molecular formula is C30H23F9N2O10. The first kappa shape index (κ1) is 41.0. The Morgan fingerprint density at radius 2 is 1.02 bits per heavy atom. The van der Waals surface area contributed by atoms with Gasteiger partial charge in [0.2, 0.25) is 0 Å². The Morgan fingerprint density at radius 1 is 0.588 bits per heavy atom. The molecule has 276 valence electrons. The van der Waals surface area contributed by atoms with Crippen molar-refractivity contribution in [2.24, 2.45) is 0 Å². The van der Waals surface area contributed by atoms with Gasteiger partial charge in [0.1, 0.15) is 22.6 Å². The summed E-state index contributed by atoms with van der Waals surface area (Å²) in [5, 5.41) is 9.07. The number of carbonyl (C=O) groups excluding carboxylic acids is 2. The average molecular weight is 743 g/mol. The second-order valence-electron chi connectivity index (χ2n) is 8.80. The molecule has 0 fully saturated rings. The van der Waals surface area contributed by atoms with Crippen LogP contribution < -0.4 is 23.7 Å². The third-order valence-electron chi connectivity index (χ3n) is 5.47. The standard InChI is InChI=1S/C15H11F4NO5.C8H7F3O3.C7H5F2NO2/c1-22-11-5-8(25-15(17,18)19)3-4-10(11)24-12-7-20-6-9(16)13(12)14(21)23-2;1-13-7-4-5(2-3-6(7)12)14-8(9,10)11;1-12-7(11)6-4(8)2-10-3-5(6)9/h3-7H,1-2H3;2-4,12H,1H3;2-3H,1H3. The van der Waals surface area contributed by atoms with E-state index in [1.165, 1.54) is 14.2 Å². The lowest BCUT2D eigenvalue weighted by atomic mass is 10.2. The van der Waals surface area contributed by atoms with E-state index in [1.807, 2.05) is 0 Å². The Labute approximate surface area is 280 Å². The van der Waals surface area contributed by atoms with Crippen molar-refractivity contribution in [2.45, 2.75) is 12.7 Å². The molecule has 4 aromatic rings. The number of carbonyl (C=O) groups is 2. The summed E-state index contributed by atoms with van der Waals surface area (Å²) in [6.45, 7) is 0. The van der Waals surface area contributed by atoms with Crippen LogP contribution in [0.1, 0.15) is 20.7 Å². The number of ether oxygens (including phenoxy) is 7. The van der Waals surface area contributed by atoms with Crippen molar-refractivity contribution < 1.29 is 87.4 Å². The number of benzene rings is 2. The molecule has 2 heterocycles. The lowest BCUT2D eigenvalue weighted by Crippen LogP contribution is -2.17. The first-order chi connectivity index (χ1) is 23.8. The number of phenolic OH excluding ortho intramolecular Hbond substituents is 1. The summed E-state index contributed by atoms with van der Waals surface area (Å²) in [7, 11) is 4.51. The zero-order chi connectivity index (χ0) is 38.5. The molecule has 0 atom stereocenters. The van der Waals surface area contributed by atoms with Crippen LogP contribution in [0.2, 0.25) is 0 Å². The zero-order valence-electron chi connectivity index (χ0n) is 26.2. The molecule has 0 aliphatic heterocycles. The molecule has 51 heavy (non-hydrogen) atoms. The van der Waals surface area contributed by atoms with Gasteiger partial charge in [-0.25, -0.2) is 22.8 Å². The number of halogens is 9. The minimum atomic E-state index is -4.88. The van der Waals surface area contributed by atoms with E-state index in [9.17, 15) is 49.1 Å². The number of alkyl halides is 6.